The molecular weight excluding hydrogens is 228 g/mol. The number of anilines is 1. The van der Waals surface area contributed by atoms with E-state index in [4.69, 9.17) is 15.2 Å². The van der Waals surface area contributed by atoms with Crippen LogP contribution in [0, 0.1) is 0 Å². The lowest BCUT2D eigenvalue weighted by atomic mass is 10.1. The Morgan fingerprint density at radius 1 is 1.11 bits per heavy atom. The number of hydrogen-bond acceptors (Lipinski definition) is 4. The second-order valence-corrected chi connectivity index (χ2v) is 4.83. The van der Waals surface area contributed by atoms with E-state index < -0.39 is 0 Å². The first-order chi connectivity index (χ1) is 8.65. The van der Waals surface area contributed by atoms with Crippen LogP contribution in [0.4, 0.5) is 5.69 Å². The quantitative estimate of drug-likeness (QED) is 0.881. The van der Waals surface area contributed by atoms with Crippen molar-refractivity contribution in [2.75, 3.05) is 32.2 Å². The molecule has 1 heterocycles. The van der Waals surface area contributed by atoms with Crippen molar-refractivity contribution in [3.05, 3.63) is 29.8 Å². The summed E-state index contributed by atoms with van der Waals surface area (Å²) in [7, 11) is 3.47. The molecule has 0 aromatic heterocycles. The summed E-state index contributed by atoms with van der Waals surface area (Å²) in [6.07, 6.45) is 0.284. The average molecular weight is 250 g/mol. The third-order valence-electron chi connectivity index (χ3n) is 3.60. The van der Waals surface area contributed by atoms with Crippen LogP contribution in [0.2, 0.25) is 0 Å². The lowest BCUT2D eigenvalue weighted by Gasteiger charge is -2.18. The highest BCUT2D eigenvalue weighted by atomic mass is 16.5. The fraction of sp³-hybridized carbons (Fsp3) is 0.571. The highest BCUT2D eigenvalue weighted by Crippen LogP contribution is 2.24. The lowest BCUT2D eigenvalue weighted by Crippen LogP contribution is -2.27. The molecule has 2 unspecified atom stereocenters. The minimum atomic E-state index is 0.0797. The summed E-state index contributed by atoms with van der Waals surface area (Å²) in [5.41, 5.74) is 8.20. The third kappa shape index (κ3) is 2.66. The van der Waals surface area contributed by atoms with Crippen molar-refractivity contribution in [1.82, 2.24) is 0 Å². The molecule has 1 aliphatic rings. The van der Waals surface area contributed by atoms with E-state index in [1.165, 1.54) is 5.69 Å². The first-order valence-corrected chi connectivity index (χ1v) is 6.31. The van der Waals surface area contributed by atoms with Gasteiger partial charge in [0, 0.05) is 39.0 Å². The van der Waals surface area contributed by atoms with E-state index in [9.17, 15) is 0 Å². The van der Waals surface area contributed by atoms with Crippen molar-refractivity contribution in [2.24, 2.45) is 5.73 Å². The average Bonchev–Trinajstić information content (AvgIpc) is 2.82. The van der Waals surface area contributed by atoms with Gasteiger partial charge in [0.1, 0.15) is 12.2 Å². The molecule has 0 aliphatic carbocycles. The number of nitrogens with zero attached hydrogens (tertiary/aromatic N) is 1. The second kappa shape index (κ2) is 5.69. The van der Waals surface area contributed by atoms with E-state index in [1.54, 1.807) is 14.2 Å². The summed E-state index contributed by atoms with van der Waals surface area (Å²) < 4.78 is 10.9. The van der Waals surface area contributed by atoms with Crippen LogP contribution < -0.4 is 10.6 Å². The van der Waals surface area contributed by atoms with Gasteiger partial charge in [0.15, 0.2) is 0 Å². The van der Waals surface area contributed by atoms with Gasteiger partial charge < -0.3 is 20.1 Å². The first kappa shape index (κ1) is 13.3. The molecule has 1 aliphatic heterocycles. The zero-order valence-electron chi connectivity index (χ0n) is 11.3. The van der Waals surface area contributed by atoms with E-state index >= 15 is 0 Å². The Morgan fingerprint density at radius 3 is 2.00 bits per heavy atom. The van der Waals surface area contributed by atoms with Gasteiger partial charge in [-0.1, -0.05) is 12.1 Å². The molecule has 4 heteroatoms. The van der Waals surface area contributed by atoms with Gasteiger partial charge in [-0.15, -0.1) is 0 Å². The third-order valence-corrected chi connectivity index (χ3v) is 3.60. The van der Waals surface area contributed by atoms with Crippen molar-refractivity contribution in [1.29, 1.82) is 0 Å². The van der Waals surface area contributed by atoms with Crippen LogP contribution >= 0.6 is 0 Å². The van der Waals surface area contributed by atoms with E-state index in [0.29, 0.717) is 0 Å². The molecular formula is C14H22N2O2. The number of methoxy groups -OCH3 is 2. The fourth-order valence-corrected chi connectivity index (χ4v) is 2.40. The molecule has 1 fully saturated rings. The number of nitrogens with two attached hydrogens (primary N) is 1. The van der Waals surface area contributed by atoms with Crippen molar-refractivity contribution in [3.63, 3.8) is 0 Å². The Kier molecular flexibility index (Phi) is 4.22. The molecule has 0 amide bonds. The van der Waals surface area contributed by atoms with Crippen LogP contribution in [0.1, 0.15) is 18.5 Å². The molecule has 4 nitrogen and oxygen atoms in total. The standard InChI is InChI=1S/C14H22N2O2/c1-10(15)11-4-6-12(7-5-11)16-8-13(17-2)14(9-16)18-3/h4-7,10,13-14H,8-9,15H2,1-3H3/t10-,13?,14?/m0/s1. The molecule has 1 aromatic carbocycles. The van der Waals surface area contributed by atoms with Gasteiger partial charge in [0.2, 0.25) is 0 Å². The minimum Gasteiger partial charge on any atom is -0.377 e. The highest BCUT2D eigenvalue weighted by molar-refractivity contribution is 5.49. The summed E-state index contributed by atoms with van der Waals surface area (Å²) in [4.78, 5) is 2.29. The van der Waals surface area contributed by atoms with Gasteiger partial charge in [-0.05, 0) is 24.6 Å². The second-order valence-electron chi connectivity index (χ2n) is 4.83. The number of hydrogen-bond donors (Lipinski definition) is 1. The zero-order chi connectivity index (χ0) is 13.1. The summed E-state index contributed by atoms with van der Waals surface area (Å²) in [5.74, 6) is 0. The Hall–Kier alpha value is -1.10. The monoisotopic (exact) mass is 250 g/mol. The maximum Gasteiger partial charge on any atom is 0.102 e. The Bertz CT molecular complexity index is 366. The molecule has 0 bridgehead atoms. The van der Waals surface area contributed by atoms with Crippen LogP contribution in [-0.2, 0) is 9.47 Å². The van der Waals surface area contributed by atoms with Crippen LogP contribution in [0.25, 0.3) is 0 Å². The molecule has 3 atom stereocenters. The predicted molar refractivity (Wildman–Crippen MR) is 72.9 cm³/mol. The van der Waals surface area contributed by atoms with E-state index in [0.717, 1.165) is 18.7 Å². The minimum absolute atomic E-state index is 0.0797. The van der Waals surface area contributed by atoms with Gasteiger partial charge in [0.25, 0.3) is 0 Å². The first-order valence-electron chi connectivity index (χ1n) is 6.31. The number of benzene rings is 1. The SMILES string of the molecule is COC1CN(c2ccc([C@H](C)N)cc2)CC1OC. The summed E-state index contributed by atoms with van der Waals surface area (Å²) in [6.45, 7) is 3.73. The van der Waals surface area contributed by atoms with E-state index in [-0.39, 0.29) is 18.2 Å². The normalized spacial score (nSPS) is 25.4. The Balaban J connectivity index is 2.08. The molecule has 18 heavy (non-hydrogen) atoms. The number of rotatable bonds is 4. The van der Waals surface area contributed by atoms with Gasteiger partial charge in [-0.2, -0.15) is 0 Å². The summed E-state index contributed by atoms with van der Waals surface area (Å²) >= 11 is 0. The zero-order valence-corrected chi connectivity index (χ0v) is 11.3. The van der Waals surface area contributed by atoms with Gasteiger partial charge in [-0.25, -0.2) is 0 Å². The Labute approximate surface area is 109 Å². The Morgan fingerprint density at radius 2 is 1.61 bits per heavy atom. The van der Waals surface area contributed by atoms with E-state index in [2.05, 4.69) is 29.2 Å². The van der Waals surface area contributed by atoms with Crippen molar-refractivity contribution in [2.45, 2.75) is 25.2 Å². The van der Waals surface area contributed by atoms with Crippen LogP contribution in [-0.4, -0.2) is 39.5 Å². The molecule has 0 radical (unpaired) electrons. The molecule has 2 rings (SSSR count). The summed E-state index contributed by atoms with van der Waals surface area (Å²) in [6, 6.07) is 8.48. The van der Waals surface area contributed by atoms with Crippen molar-refractivity contribution >= 4 is 5.69 Å². The molecule has 1 aromatic rings. The van der Waals surface area contributed by atoms with Crippen LogP contribution in [0.3, 0.4) is 0 Å². The van der Waals surface area contributed by atoms with Gasteiger partial charge >= 0.3 is 0 Å². The number of ether oxygens (including phenoxy) is 2. The molecule has 100 valence electrons. The van der Waals surface area contributed by atoms with Gasteiger partial charge in [-0.3, -0.25) is 0 Å². The smallest absolute Gasteiger partial charge is 0.102 e. The largest absolute Gasteiger partial charge is 0.377 e. The molecule has 2 N–H and O–H groups in total. The molecule has 0 saturated carbocycles. The fourth-order valence-electron chi connectivity index (χ4n) is 2.40. The summed E-state index contributed by atoms with van der Waals surface area (Å²) in [5, 5.41) is 0. The van der Waals surface area contributed by atoms with Crippen molar-refractivity contribution in [3.8, 4) is 0 Å². The maximum absolute atomic E-state index is 5.85. The van der Waals surface area contributed by atoms with Gasteiger partial charge in [0.05, 0.1) is 0 Å². The molecule has 0 spiro atoms. The van der Waals surface area contributed by atoms with Crippen LogP contribution in [0.15, 0.2) is 24.3 Å². The van der Waals surface area contributed by atoms with Crippen molar-refractivity contribution < 1.29 is 9.47 Å². The van der Waals surface area contributed by atoms with Crippen LogP contribution in [0.5, 0.6) is 0 Å². The molecule has 1 saturated heterocycles. The highest BCUT2D eigenvalue weighted by Gasteiger charge is 2.32. The van der Waals surface area contributed by atoms with E-state index in [1.807, 2.05) is 6.92 Å². The lowest BCUT2D eigenvalue weighted by molar-refractivity contribution is -0.00461. The topological polar surface area (TPSA) is 47.7 Å². The predicted octanol–water partition coefficient (Wildman–Crippen LogP) is 1.56. The maximum atomic E-state index is 5.85.